The maximum absolute atomic E-state index is 11.4. The predicted octanol–water partition coefficient (Wildman–Crippen LogP) is 2.42. The molecule has 0 N–H and O–H groups in total. The number of carbonyl (C=O) groups excluding carboxylic acids is 1. The maximum Gasteiger partial charge on any atom is 0.374 e. The topological polar surface area (TPSA) is 65.2 Å². The van der Waals surface area contributed by atoms with Crippen LogP contribution in [0, 0.1) is 0 Å². The lowest BCUT2D eigenvalue weighted by molar-refractivity contribution is 0.0489. The minimum absolute atomic E-state index is 0.194. The average molecular weight is 244 g/mol. The summed E-state index contributed by atoms with van der Waals surface area (Å²) in [6.45, 7) is 2.07. The molecule has 0 atom stereocenters. The second-order valence-electron chi connectivity index (χ2n) is 3.39. The molecule has 0 aromatic carbocycles. The van der Waals surface area contributed by atoms with Crippen LogP contribution >= 0.6 is 0 Å². The van der Waals surface area contributed by atoms with Crippen LogP contribution in [0.2, 0.25) is 0 Å². The molecule has 2 heterocycles. The summed E-state index contributed by atoms with van der Waals surface area (Å²) < 4.78 is 10.1. The highest BCUT2D eigenvalue weighted by Gasteiger charge is 2.10. The summed E-state index contributed by atoms with van der Waals surface area (Å²) in [6.07, 6.45) is 6.62. The second kappa shape index (κ2) is 5.77. The Balaban J connectivity index is 2.07. The zero-order chi connectivity index (χ0) is 12.8. The highest BCUT2D eigenvalue weighted by Crippen LogP contribution is 2.12. The number of carbonyl (C=O) groups is 1. The molecule has 0 saturated carbocycles. The summed E-state index contributed by atoms with van der Waals surface area (Å²) in [5.41, 5.74) is 0.763. The van der Waals surface area contributed by atoms with E-state index in [0.717, 1.165) is 5.69 Å². The Hall–Kier alpha value is -2.43. The van der Waals surface area contributed by atoms with Crippen molar-refractivity contribution in [3.63, 3.8) is 0 Å². The van der Waals surface area contributed by atoms with Gasteiger partial charge in [-0.15, -0.1) is 0 Å². The molecule has 2 rings (SSSR count). The van der Waals surface area contributed by atoms with Crippen molar-refractivity contribution in [1.29, 1.82) is 0 Å². The summed E-state index contributed by atoms with van der Waals surface area (Å²) >= 11 is 0. The zero-order valence-electron chi connectivity index (χ0n) is 9.87. The number of rotatable bonds is 4. The fourth-order valence-corrected chi connectivity index (χ4v) is 1.32. The molecule has 0 saturated heterocycles. The number of ether oxygens (including phenoxy) is 1. The van der Waals surface area contributed by atoms with E-state index in [2.05, 4.69) is 9.97 Å². The molecule has 0 unspecified atom stereocenters. The predicted molar refractivity (Wildman–Crippen MR) is 65.6 cm³/mol. The molecule has 0 spiro atoms. The van der Waals surface area contributed by atoms with E-state index in [0.29, 0.717) is 12.4 Å². The van der Waals surface area contributed by atoms with Gasteiger partial charge in [0, 0.05) is 6.20 Å². The third-order valence-electron chi connectivity index (χ3n) is 2.13. The first kappa shape index (κ1) is 12.0. The van der Waals surface area contributed by atoms with Crippen molar-refractivity contribution in [3.05, 3.63) is 47.9 Å². The van der Waals surface area contributed by atoms with Gasteiger partial charge in [0.1, 0.15) is 12.1 Å². The highest BCUT2D eigenvalue weighted by molar-refractivity contribution is 5.86. The van der Waals surface area contributed by atoms with E-state index >= 15 is 0 Å². The summed E-state index contributed by atoms with van der Waals surface area (Å²) in [5, 5.41) is 0. The van der Waals surface area contributed by atoms with Gasteiger partial charge in [-0.3, -0.25) is 0 Å². The smallest absolute Gasteiger partial charge is 0.374 e. The van der Waals surface area contributed by atoms with Crippen molar-refractivity contribution in [3.8, 4) is 0 Å². The normalized spacial score (nSPS) is 10.7. The first-order valence-corrected chi connectivity index (χ1v) is 5.50. The fourth-order valence-electron chi connectivity index (χ4n) is 1.32. The Kier molecular flexibility index (Phi) is 3.86. The summed E-state index contributed by atoms with van der Waals surface area (Å²) in [4.78, 5) is 19.2. The molecule has 5 nitrogen and oxygen atoms in total. The molecule has 0 aliphatic rings. The fraction of sp³-hybridized carbons (Fsp3) is 0.154. The van der Waals surface area contributed by atoms with Gasteiger partial charge in [-0.25, -0.2) is 14.8 Å². The lowest BCUT2D eigenvalue weighted by atomic mass is 10.3. The van der Waals surface area contributed by atoms with Crippen molar-refractivity contribution in [1.82, 2.24) is 9.97 Å². The van der Waals surface area contributed by atoms with Gasteiger partial charge in [-0.1, -0.05) is 0 Å². The number of aromatic nitrogens is 2. The van der Waals surface area contributed by atoms with Crippen LogP contribution in [0.25, 0.3) is 12.2 Å². The Labute approximate surface area is 104 Å². The van der Waals surface area contributed by atoms with E-state index in [1.165, 1.54) is 6.33 Å². The lowest BCUT2D eigenvalue weighted by Gasteiger charge is -1.96. The van der Waals surface area contributed by atoms with E-state index in [4.69, 9.17) is 9.15 Å². The van der Waals surface area contributed by atoms with Crippen LogP contribution < -0.4 is 0 Å². The van der Waals surface area contributed by atoms with Gasteiger partial charge in [0.15, 0.2) is 0 Å². The Morgan fingerprint density at radius 3 is 3.00 bits per heavy atom. The van der Waals surface area contributed by atoms with Gasteiger partial charge in [0.25, 0.3) is 0 Å². The van der Waals surface area contributed by atoms with Crippen molar-refractivity contribution >= 4 is 18.1 Å². The summed E-state index contributed by atoms with van der Waals surface area (Å²) in [6, 6.07) is 5.05. The highest BCUT2D eigenvalue weighted by atomic mass is 16.5. The molecule has 0 fully saturated rings. The Morgan fingerprint density at radius 1 is 1.39 bits per heavy atom. The molecule has 0 aliphatic carbocycles. The largest absolute Gasteiger partial charge is 0.460 e. The van der Waals surface area contributed by atoms with Crippen LogP contribution in [0.4, 0.5) is 0 Å². The molecular formula is C13H12N2O3. The number of nitrogens with zero attached hydrogens (tertiary/aromatic N) is 2. The van der Waals surface area contributed by atoms with Crippen LogP contribution in [0.15, 0.2) is 35.1 Å². The van der Waals surface area contributed by atoms with Gasteiger partial charge < -0.3 is 9.15 Å². The zero-order valence-corrected chi connectivity index (χ0v) is 9.87. The SMILES string of the molecule is CCOC(=O)c1ccc(C=Cc2ccncn2)o1. The van der Waals surface area contributed by atoms with E-state index in [-0.39, 0.29) is 5.76 Å². The lowest BCUT2D eigenvalue weighted by Crippen LogP contribution is -2.02. The molecule has 5 heteroatoms. The van der Waals surface area contributed by atoms with Crippen LogP contribution in [0.5, 0.6) is 0 Å². The van der Waals surface area contributed by atoms with Crippen molar-refractivity contribution in [2.24, 2.45) is 0 Å². The van der Waals surface area contributed by atoms with Crippen LogP contribution in [0.3, 0.4) is 0 Å². The Bertz CT molecular complexity index is 546. The first-order chi connectivity index (χ1) is 8.79. The van der Waals surface area contributed by atoms with Crippen molar-refractivity contribution < 1.29 is 13.9 Å². The quantitative estimate of drug-likeness (QED) is 0.773. The minimum Gasteiger partial charge on any atom is -0.460 e. The van der Waals surface area contributed by atoms with Gasteiger partial charge in [0.05, 0.1) is 12.3 Å². The number of hydrogen-bond donors (Lipinski definition) is 0. The van der Waals surface area contributed by atoms with Crippen LogP contribution in [-0.2, 0) is 4.74 Å². The van der Waals surface area contributed by atoms with E-state index in [1.54, 1.807) is 43.5 Å². The number of esters is 1. The van der Waals surface area contributed by atoms with E-state index < -0.39 is 5.97 Å². The molecule has 18 heavy (non-hydrogen) atoms. The van der Waals surface area contributed by atoms with Gasteiger partial charge in [-0.2, -0.15) is 0 Å². The standard InChI is InChI=1S/C13H12N2O3/c1-2-17-13(16)12-6-5-11(18-12)4-3-10-7-8-14-9-15-10/h3-9H,2H2,1H3. The summed E-state index contributed by atoms with van der Waals surface area (Å²) in [7, 11) is 0. The summed E-state index contributed by atoms with van der Waals surface area (Å²) in [5.74, 6) is 0.301. The van der Waals surface area contributed by atoms with Crippen LogP contribution in [-0.4, -0.2) is 22.5 Å². The minimum atomic E-state index is -0.459. The molecule has 92 valence electrons. The maximum atomic E-state index is 11.4. The second-order valence-corrected chi connectivity index (χ2v) is 3.39. The van der Waals surface area contributed by atoms with Crippen LogP contribution in [0.1, 0.15) is 28.9 Å². The van der Waals surface area contributed by atoms with Gasteiger partial charge in [0.2, 0.25) is 5.76 Å². The molecule has 0 radical (unpaired) electrons. The third kappa shape index (κ3) is 3.04. The monoisotopic (exact) mass is 244 g/mol. The first-order valence-electron chi connectivity index (χ1n) is 5.50. The number of hydrogen-bond acceptors (Lipinski definition) is 5. The van der Waals surface area contributed by atoms with Crippen molar-refractivity contribution in [2.75, 3.05) is 6.61 Å². The van der Waals surface area contributed by atoms with E-state index in [9.17, 15) is 4.79 Å². The molecule has 0 bridgehead atoms. The molecule has 2 aromatic heterocycles. The third-order valence-corrected chi connectivity index (χ3v) is 2.13. The van der Waals surface area contributed by atoms with Gasteiger partial charge in [-0.05, 0) is 37.3 Å². The molecule has 0 aliphatic heterocycles. The Morgan fingerprint density at radius 2 is 2.28 bits per heavy atom. The molecule has 2 aromatic rings. The van der Waals surface area contributed by atoms with Gasteiger partial charge >= 0.3 is 5.97 Å². The van der Waals surface area contributed by atoms with Crippen molar-refractivity contribution in [2.45, 2.75) is 6.92 Å². The average Bonchev–Trinajstić information content (AvgIpc) is 2.87. The molecule has 0 amide bonds. The number of furan rings is 1. The van der Waals surface area contributed by atoms with E-state index in [1.807, 2.05) is 0 Å². The molecular weight excluding hydrogens is 232 g/mol.